The van der Waals surface area contributed by atoms with Crippen molar-refractivity contribution in [2.45, 2.75) is 6.04 Å². The number of nitrogens with zero attached hydrogens (tertiary/aromatic N) is 2. The third-order valence-electron chi connectivity index (χ3n) is 4.55. The van der Waals surface area contributed by atoms with Gasteiger partial charge in [0.15, 0.2) is 11.2 Å². The lowest BCUT2D eigenvalue weighted by Gasteiger charge is -2.19. The SMILES string of the molecule is Cn1cc(OC(=O)NC(c2ccccc2F)c2c[nH]c3cc(F)ccc3c2=O)cn1. The number of aryl methyl sites for hydroxylation is 1. The summed E-state index contributed by atoms with van der Waals surface area (Å²) in [6.45, 7) is 0. The second kappa shape index (κ2) is 7.78. The number of aromatic nitrogens is 3. The maximum atomic E-state index is 14.5. The lowest BCUT2D eigenvalue weighted by atomic mass is 9.98. The van der Waals surface area contributed by atoms with Crippen molar-refractivity contribution >= 4 is 17.0 Å². The average Bonchev–Trinajstić information content (AvgIpc) is 3.12. The summed E-state index contributed by atoms with van der Waals surface area (Å²) >= 11 is 0. The Morgan fingerprint density at radius 1 is 1.20 bits per heavy atom. The smallest absolute Gasteiger partial charge is 0.407 e. The van der Waals surface area contributed by atoms with Gasteiger partial charge in [-0.25, -0.2) is 13.6 Å². The summed E-state index contributed by atoms with van der Waals surface area (Å²) in [7, 11) is 1.66. The zero-order chi connectivity index (χ0) is 21.3. The molecule has 1 unspecified atom stereocenters. The fraction of sp³-hybridized carbons (Fsp3) is 0.0952. The highest BCUT2D eigenvalue weighted by Crippen LogP contribution is 2.24. The van der Waals surface area contributed by atoms with Crippen LogP contribution in [0.4, 0.5) is 13.6 Å². The van der Waals surface area contributed by atoms with Gasteiger partial charge in [0.25, 0.3) is 0 Å². The number of hydrogen-bond donors (Lipinski definition) is 2. The number of benzene rings is 2. The molecule has 0 fully saturated rings. The minimum Gasteiger partial charge on any atom is -0.407 e. The van der Waals surface area contributed by atoms with Crippen LogP contribution in [-0.2, 0) is 7.05 Å². The van der Waals surface area contributed by atoms with E-state index < -0.39 is 29.2 Å². The number of H-pyrrole nitrogens is 1. The van der Waals surface area contributed by atoms with E-state index in [9.17, 15) is 18.4 Å². The molecule has 0 aliphatic heterocycles. The lowest BCUT2D eigenvalue weighted by molar-refractivity contribution is 0.197. The average molecular weight is 410 g/mol. The Balaban J connectivity index is 1.76. The van der Waals surface area contributed by atoms with Crippen molar-refractivity contribution in [3.63, 3.8) is 0 Å². The number of carbonyl (C=O) groups is 1. The van der Waals surface area contributed by atoms with E-state index in [1.807, 2.05) is 0 Å². The van der Waals surface area contributed by atoms with Gasteiger partial charge < -0.3 is 15.0 Å². The van der Waals surface area contributed by atoms with Gasteiger partial charge in [-0.1, -0.05) is 18.2 Å². The van der Waals surface area contributed by atoms with Crippen molar-refractivity contribution in [3.05, 3.63) is 94.0 Å². The highest BCUT2D eigenvalue weighted by atomic mass is 19.1. The summed E-state index contributed by atoms with van der Waals surface area (Å²) in [5.74, 6) is -0.928. The van der Waals surface area contributed by atoms with Gasteiger partial charge in [0.05, 0.1) is 24.0 Å². The van der Waals surface area contributed by atoms with Gasteiger partial charge in [0.1, 0.15) is 11.6 Å². The van der Waals surface area contributed by atoms with E-state index >= 15 is 0 Å². The van der Waals surface area contributed by atoms with E-state index in [-0.39, 0.29) is 27.8 Å². The first-order valence-electron chi connectivity index (χ1n) is 8.94. The number of amides is 1. The third-order valence-corrected chi connectivity index (χ3v) is 4.55. The van der Waals surface area contributed by atoms with Crippen molar-refractivity contribution in [3.8, 4) is 5.75 Å². The Hall–Kier alpha value is -4.01. The molecule has 0 aliphatic rings. The van der Waals surface area contributed by atoms with E-state index in [1.54, 1.807) is 13.1 Å². The van der Waals surface area contributed by atoms with Crippen LogP contribution in [0.2, 0.25) is 0 Å². The summed E-state index contributed by atoms with van der Waals surface area (Å²) in [4.78, 5) is 28.3. The number of pyridine rings is 1. The molecule has 152 valence electrons. The maximum Gasteiger partial charge on any atom is 0.413 e. The van der Waals surface area contributed by atoms with Crippen LogP contribution < -0.4 is 15.5 Å². The predicted molar refractivity (Wildman–Crippen MR) is 105 cm³/mol. The molecule has 30 heavy (non-hydrogen) atoms. The molecule has 7 nitrogen and oxygen atoms in total. The predicted octanol–water partition coefficient (Wildman–Crippen LogP) is 3.42. The molecule has 4 aromatic rings. The second-order valence-corrected chi connectivity index (χ2v) is 6.60. The summed E-state index contributed by atoms with van der Waals surface area (Å²) in [5.41, 5.74) is -0.0393. The number of hydrogen-bond acceptors (Lipinski definition) is 4. The fourth-order valence-corrected chi connectivity index (χ4v) is 3.16. The molecule has 2 N–H and O–H groups in total. The van der Waals surface area contributed by atoms with Crippen molar-refractivity contribution in [2.75, 3.05) is 0 Å². The normalized spacial score (nSPS) is 12.0. The van der Waals surface area contributed by atoms with E-state index in [0.29, 0.717) is 0 Å². The highest BCUT2D eigenvalue weighted by Gasteiger charge is 2.24. The Morgan fingerprint density at radius 2 is 2.00 bits per heavy atom. The monoisotopic (exact) mass is 410 g/mol. The third kappa shape index (κ3) is 3.77. The fourth-order valence-electron chi connectivity index (χ4n) is 3.16. The van der Waals surface area contributed by atoms with E-state index in [2.05, 4.69) is 15.4 Å². The molecule has 0 saturated carbocycles. The molecule has 9 heteroatoms. The van der Waals surface area contributed by atoms with Crippen molar-refractivity contribution in [2.24, 2.45) is 7.05 Å². The topological polar surface area (TPSA) is 89.0 Å². The molecule has 0 saturated heterocycles. The Kier molecular flexibility index (Phi) is 5.01. The number of nitrogens with one attached hydrogen (secondary N) is 2. The van der Waals surface area contributed by atoms with E-state index in [4.69, 9.17) is 4.74 Å². The minimum absolute atomic E-state index is 0.0716. The van der Waals surface area contributed by atoms with Gasteiger partial charge in [-0.05, 0) is 24.3 Å². The Labute approximate surface area is 168 Å². The van der Waals surface area contributed by atoms with Crippen LogP contribution >= 0.6 is 0 Å². The zero-order valence-electron chi connectivity index (χ0n) is 15.7. The van der Waals surface area contributed by atoms with Crippen LogP contribution in [0.5, 0.6) is 5.75 Å². The molecular weight excluding hydrogens is 394 g/mol. The quantitative estimate of drug-likeness (QED) is 0.540. The van der Waals surface area contributed by atoms with Crippen LogP contribution in [0.3, 0.4) is 0 Å². The zero-order valence-corrected chi connectivity index (χ0v) is 15.7. The molecule has 0 bridgehead atoms. The van der Waals surface area contributed by atoms with Crippen molar-refractivity contribution in [1.29, 1.82) is 0 Å². The molecule has 0 aliphatic carbocycles. The molecular formula is C21H16F2N4O3. The summed E-state index contributed by atoms with van der Waals surface area (Å²) in [5, 5.41) is 6.64. The first-order chi connectivity index (χ1) is 14.4. The molecule has 0 radical (unpaired) electrons. The number of aromatic amines is 1. The van der Waals surface area contributed by atoms with Crippen LogP contribution in [0.25, 0.3) is 10.9 Å². The molecule has 1 atom stereocenters. The molecule has 2 heterocycles. The lowest BCUT2D eigenvalue weighted by Crippen LogP contribution is -2.35. The van der Waals surface area contributed by atoms with Gasteiger partial charge in [-0.3, -0.25) is 9.48 Å². The van der Waals surface area contributed by atoms with E-state index in [1.165, 1.54) is 53.6 Å². The molecule has 0 spiro atoms. The molecule has 1 amide bonds. The number of halogens is 2. The molecule has 2 aromatic carbocycles. The van der Waals surface area contributed by atoms with Crippen molar-refractivity contribution in [1.82, 2.24) is 20.1 Å². The van der Waals surface area contributed by atoms with Gasteiger partial charge in [-0.2, -0.15) is 5.10 Å². The number of carbonyl (C=O) groups excluding carboxylic acids is 1. The second-order valence-electron chi connectivity index (χ2n) is 6.60. The highest BCUT2D eigenvalue weighted by molar-refractivity contribution is 5.79. The van der Waals surface area contributed by atoms with Gasteiger partial charge in [-0.15, -0.1) is 0 Å². The number of ether oxygens (including phenoxy) is 1. The molecule has 2 aromatic heterocycles. The standard InChI is InChI=1S/C21H16F2N4O3/c1-27-11-13(9-25-27)30-21(29)26-19(14-4-2-3-5-17(14)23)16-10-24-18-8-12(22)6-7-15(18)20(16)28/h2-11,19H,1H3,(H,24,28)(H,26,29). The first-order valence-corrected chi connectivity index (χ1v) is 8.94. The Bertz CT molecular complexity index is 1300. The van der Waals surface area contributed by atoms with Crippen LogP contribution in [0.15, 0.2) is 65.8 Å². The van der Waals surface area contributed by atoms with Crippen molar-refractivity contribution < 1.29 is 18.3 Å². The largest absolute Gasteiger partial charge is 0.413 e. The van der Waals surface area contributed by atoms with Crippen LogP contribution in [0, 0.1) is 11.6 Å². The summed E-state index contributed by atoms with van der Waals surface area (Å²) in [6, 6.07) is 8.29. The van der Waals surface area contributed by atoms with Crippen LogP contribution in [0.1, 0.15) is 17.2 Å². The maximum absolute atomic E-state index is 14.5. The minimum atomic E-state index is -1.14. The van der Waals surface area contributed by atoms with E-state index in [0.717, 1.165) is 6.07 Å². The van der Waals surface area contributed by atoms with Gasteiger partial charge in [0.2, 0.25) is 0 Å². The molecule has 4 rings (SSSR count). The van der Waals surface area contributed by atoms with Crippen LogP contribution in [-0.4, -0.2) is 20.9 Å². The summed E-state index contributed by atoms with van der Waals surface area (Å²) < 4.78 is 34.6. The van der Waals surface area contributed by atoms with Gasteiger partial charge in [0, 0.05) is 29.8 Å². The summed E-state index contributed by atoms with van der Waals surface area (Å²) in [6.07, 6.45) is 3.25. The Morgan fingerprint density at radius 3 is 2.73 bits per heavy atom. The number of fused-ring (bicyclic) bond motifs is 1. The first kappa shape index (κ1) is 19.3. The van der Waals surface area contributed by atoms with Gasteiger partial charge >= 0.3 is 6.09 Å². The number of rotatable bonds is 4.